The molecule has 0 saturated carbocycles. The monoisotopic (exact) mass is 357 g/mol. The molecule has 0 aromatic heterocycles. The van der Waals surface area contributed by atoms with Gasteiger partial charge >= 0.3 is 0 Å². The van der Waals surface area contributed by atoms with E-state index in [0.29, 0.717) is 31.6 Å². The van der Waals surface area contributed by atoms with Crippen molar-refractivity contribution in [1.29, 1.82) is 0 Å². The van der Waals surface area contributed by atoms with Crippen LogP contribution in [0.1, 0.15) is 12.8 Å². The summed E-state index contributed by atoms with van der Waals surface area (Å²) in [5.41, 5.74) is 0.213. The number of amides is 1. The molecule has 0 bridgehead atoms. The molecule has 1 fully saturated rings. The van der Waals surface area contributed by atoms with E-state index in [4.69, 9.17) is 4.74 Å². The molecule has 0 radical (unpaired) electrons. The zero-order valence-corrected chi connectivity index (χ0v) is 14.2. The van der Waals surface area contributed by atoms with Crippen LogP contribution in [0, 0.1) is 16.0 Å². The van der Waals surface area contributed by atoms with E-state index in [9.17, 15) is 23.3 Å². The van der Waals surface area contributed by atoms with E-state index in [-0.39, 0.29) is 23.3 Å². The van der Waals surface area contributed by atoms with Crippen LogP contribution in [0.5, 0.6) is 5.75 Å². The van der Waals surface area contributed by atoms with E-state index in [1.165, 1.54) is 29.6 Å². The molecule has 0 spiro atoms. The number of methoxy groups -OCH3 is 1. The number of nitro benzene ring substituents is 1. The van der Waals surface area contributed by atoms with Gasteiger partial charge in [-0.1, -0.05) is 0 Å². The Balaban J connectivity index is 2.04. The number of nitrogens with zero attached hydrogens (tertiary/aromatic N) is 2. The van der Waals surface area contributed by atoms with Crippen LogP contribution in [-0.4, -0.2) is 50.0 Å². The van der Waals surface area contributed by atoms with Crippen molar-refractivity contribution >= 4 is 27.3 Å². The maximum absolute atomic E-state index is 12.3. The molecule has 1 amide bonds. The maximum atomic E-state index is 12.3. The summed E-state index contributed by atoms with van der Waals surface area (Å²) in [6.45, 7) is 0.600. The van der Waals surface area contributed by atoms with Crippen LogP contribution in [0.15, 0.2) is 18.2 Å². The van der Waals surface area contributed by atoms with Gasteiger partial charge in [-0.25, -0.2) is 12.7 Å². The Bertz CT molecular complexity index is 741. The van der Waals surface area contributed by atoms with Gasteiger partial charge in [0, 0.05) is 25.1 Å². The Hall–Kier alpha value is -2.20. The topological polar surface area (TPSA) is 119 Å². The first kappa shape index (κ1) is 18.1. The molecule has 1 saturated heterocycles. The molecular weight excluding hydrogens is 338 g/mol. The van der Waals surface area contributed by atoms with Crippen LogP contribution in [-0.2, 0) is 14.8 Å². The van der Waals surface area contributed by atoms with Gasteiger partial charge in [-0.3, -0.25) is 14.9 Å². The number of carbonyl (C=O) groups excluding carboxylic acids is 1. The van der Waals surface area contributed by atoms with Crippen LogP contribution in [0.3, 0.4) is 0 Å². The molecule has 24 heavy (non-hydrogen) atoms. The van der Waals surface area contributed by atoms with E-state index >= 15 is 0 Å². The molecule has 1 aromatic carbocycles. The van der Waals surface area contributed by atoms with Gasteiger partial charge in [0.15, 0.2) is 0 Å². The van der Waals surface area contributed by atoms with Gasteiger partial charge < -0.3 is 10.1 Å². The highest BCUT2D eigenvalue weighted by molar-refractivity contribution is 7.88. The number of ether oxygens (including phenoxy) is 1. The van der Waals surface area contributed by atoms with Crippen molar-refractivity contribution in [1.82, 2.24) is 4.31 Å². The quantitative estimate of drug-likeness (QED) is 0.625. The smallest absolute Gasteiger partial charge is 0.273 e. The number of nitro groups is 1. The number of hydrogen-bond donors (Lipinski definition) is 1. The minimum atomic E-state index is -3.24. The van der Waals surface area contributed by atoms with E-state index in [0.717, 1.165) is 6.26 Å². The summed E-state index contributed by atoms with van der Waals surface area (Å²) in [5.74, 6) is -0.371. The standard InChI is InChI=1S/C14H19N3O6S/c1-23-13-9-11(17(19)20)3-4-12(13)15-14(18)10-5-7-16(8-6-10)24(2,21)22/h3-4,9-10H,5-8H2,1-2H3,(H,15,18). The predicted molar refractivity (Wildman–Crippen MR) is 87.4 cm³/mol. The Morgan fingerprint density at radius 3 is 2.50 bits per heavy atom. The van der Waals surface area contributed by atoms with Crippen molar-refractivity contribution < 1.29 is 22.9 Å². The molecule has 0 aliphatic carbocycles. The van der Waals surface area contributed by atoms with Crippen molar-refractivity contribution in [2.24, 2.45) is 5.92 Å². The molecule has 0 atom stereocenters. The SMILES string of the molecule is COc1cc([N+](=O)[O-])ccc1NC(=O)C1CCN(S(C)(=O)=O)CC1. The summed E-state index contributed by atoms with van der Waals surface area (Å²) in [6.07, 6.45) is 2.00. The highest BCUT2D eigenvalue weighted by Gasteiger charge is 2.29. The second-order valence-corrected chi connectivity index (χ2v) is 7.55. The molecule has 10 heteroatoms. The number of anilines is 1. The molecule has 132 valence electrons. The Morgan fingerprint density at radius 2 is 2.00 bits per heavy atom. The maximum Gasteiger partial charge on any atom is 0.273 e. The average molecular weight is 357 g/mol. The van der Waals surface area contributed by atoms with Crippen molar-refractivity contribution in [2.45, 2.75) is 12.8 Å². The molecule has 9 nitrogen and oxygen atoms in total. The zero-order valence-electron chi connectivity index (χ0n) is 13.4. The van der Waals surface area contributed by atoms with Gasteiger partial charge in [-0.2, -0.15) is 0 Å². The first-order chi connectivity index (χ1) is 11.2. The molecule has 1 N–H and O–H groups in total. The second kappa shape index (κ2) is 7.14. The summed E-state index contributed by atoms with van der Waals surface area (Å²) in [5, 5.41) is 13.5. The molecule has 1 heterocycles. The van der Waals surface area contributed by atoms with E-state index in [1.54, 1.807) is 0 Å². The Morgan fingerprint density at radius 1 is 1.38 bits per heavy atom. The molecular formula is C14H19N3O6S. The molecule has 0 unspecified atom stereocenters. The normalized spacial score (nSPS) is 16.6. The van der Waals surface area contributed by atoms with E-state index < -0.39 is 14.9 Å². The average Bonchev–Trinajstić information content (AvgIpc) is 2.54. The molecule has 1 aliphatic rings. The number of hydrogen-bond acceptors (Lipinski definition) is 6. The van der Waals surface area contributed by atoms with Gasteiger partial charge in [0.2, 0.25) is 15.9 Å². The van der Waals surface area contributed by atoms with Crippen LogP contribution in [0.2, 0.25) is 0 Å². The van der Waals surface area contributed by atoms with Gasteiger partial charge in [-0.15, -0.1) is 0 Å². The summed E-state index contributed by atoms with van der Waals surface area (Å²) in [7, 11) is -1.88. The lowest BCUT2D eigenvalue weighted by molar-refractivity contribution is -0.384. The van der Waals surface area contributed by atoms with Crippen molar-refractivity contribution in [2.75, 3.05) is 31.8 Å². The van der Waals surface area contributed by atoms with E-state index in [2.05, 4.69) is 5.32 Å². The van der Waals surface area contributed by atoms with Gasteiger partial charge in [0.05, 0.1) is 30.0 Å². The molecule has 1 aromatic rings. The third-order valence-electron chi connectivity index (χ3n) is 3.95. The molecule has 2 rings (SSSR count). The van der Waals surface area contributed by atoms with Gasteiger partial charge in [0.1, 0.15) is 5.75 Å². The summed E-state index contributed by atoms with van der Waals surface area (Å²) < 4.78 is 29.4. The van der Waals surface area contributed by atoms with Crippen LogP contribution < -0.4 is 10.1 Å². The first-order valence-corrected chi connectivity index (χ1v) is 9.15. The summed E-state index contributed by atoms with van der Waals surface area (Å²) in [4.78, 5) is 22.6. The highest BCUT2D eigenvalue weighted by Crippen LogP contribution is 2.30. The fraction of sp³-hybridized carbons (Fsp3) is 0.500. The minimum absolute atomic E-state index is 0.133. The fourth-order valence-electron chi connectivity index (χ4n) is 2.58. The third kappa shape index (κ3) is 4.20. The van der Waals surface area contributed by atoms with Crippen LogP contribution in [0.25, 0.3) is 0 Å². The van der Waals surface area contributed by atoms with Gasteiger partial charge in [0.25, 0.3) is 5.69 Å². The number of non-ortho nitro benzene ring substituents is 1. The van der Waals surface area contributed by atoms with Gasteiger partial charge in [-0.05, 0) is 18.9 Å². The third-order valence-corrected chi connectivity index (χ3v) is 5.25. The van der Waals surface area contributed by atoms with E-state index in [1.807, 2.05) is 0 Å². The fourth-order valence-corrected chi connectivity index (χ4v) is 3.46. The number of piperidine rings is 1. The predicted octanol–water partition coefficient (Wildman–Crippen LogP) is 1.21. The van der Waals surface area contributed by atoms with Crippen LogP contribution >= 0.6 is 0 Å². The van der Waals surface area contributed by atoms with Crippen molar-refractivity contribution in [3.63, 3.8) is 0 Å². The highest BCUT2D eigenvalue weighted by atomic mass is 32.2. The lowest BCUT2D eigenvalue weighted by Crippen LogP contribution is -2.40. The van der Waals surface area contributed by atoms with Crippen molar-refractivity contribution in [3.8, 4) is 5.75 Å². The van der Waals surface area contributed by atoms with Crippen molar-refractivity contribution in [3.05, 3.63) is 28.3 Å². The minimum Gasteiger partial charge on any atom is -0.494 e. The lowest BCUT2D eigenvalue weighted by Gasteiger charge is -2.29. The van der Waals surface area contributed by atoms with Crippen LogP contribution in [0.4, 0.5) is 11.4 Å². The zero-order chi connectivity index (χ0) is 17.9. The second-order valence-electron chi connectivity index (χ2n) is 5.57. The number of benzene rings is 1. The number of rotatable bonds is 5. The Kier molecular flexibility index (Phi) is 5.40. The summed E-state index contributed by atoms with van der Waals surface area (Å²) in [6, 6.07) is 3.94. The number of carbonyl (C=O) groups is 1. The molecule has 1 aliphatic heterocycles. The first-order valence-electron chi connectivity index (χ1n) is 7.31. The number of nitrogens with one attached hydrogen (secondary N) is 1. The Labute approximate surface area is 139 Å². The lowest BCUT2D eigenvalue weighted by atomic mass is 9.97. The largest absolute Gasteiger partial charge is 0.494 e. The summed E-state index contributed by atoms with van der Waals surface area (Å²) >= 11 is 0. The number of sulfonamides is 1.